The van der Waals surface area contributed by atoms with Gasteiger partial charge in [0.05, 0.1) is 23.0 Å². The molecule has 0 saturated carbocycles. The first kappa shape index (κ1) is 19.2. The van der Waals surface area contributed by atoms with Gasteiger partial charge >= 0.3 is 0 Å². The summed E-state index contributed by atoms with van der Waals surface area (Å²) in [7, 11) is 0. The van der Waals surface area contributed by atoms with Crippen molar-refractivity contribution in [2.75, 3.05) is 5.32 Å². The third-order valence-electron chi connectivity index (χ3n) is 5.42. The third kappa shape index (κ3) is 2.94. The summed E-state index contributed by atoms with van der Waals surface area (Å²) in [6, 6.07) is 7.63. The minimum Gasteiger partial charge on any atom is -0.308 e. The number of benzene rings is 1. The van der Waals surface area contributed by atoms with E-state index in [4.69, 9.17) is 0 Å². The number of fused-ring (bicyclic) bond motifs is 2. The van der Waals surface area contributed by atoms with Crippen molar-refractivity contribution in [3.63, 3.8) is 0 Å². The minimum absolute atomic E-state index is 0.0867. The van der Waals surface area contributed by atoms with Crippen LogP contribution in [0.1, 0.15) is 30.8 Å². The van der Waals surface area contributed by atoms with Gasteiger partial charge in [0.15, 0.2) is 11.5 Å². The van der Waals surface area contributed by atoms with Crippen molar-refractivity contribution in [3.8, 4) is 11.5 Å². The van der Waals surface area contributed by atoms with Gasteiger partial charge in [-0.25, -0.2) is 23.4 Å². The lowest BCUT2D eigenvalue weighted by molar-refractivity contribution is -0.119. The quantitative estimate of drug-likeness (QED) is 0.546. The van der Waals surface area contributed by atoms with Crippen LogP contribution in [-0.4, -0.2) is 35.9 Å². The van der Waals surface area contributed by atoms with Gasteiger partial charge < -0.3 is 5.32 Å². The SMILES string of the molecule is Cc1nc2c(cc1F)c(-c1nnc3c(n1)NC(=O)C3(C)C)nn2Cc1ccccc1F. The van der Waals surface area contributed by atoms with Crippen LogP contribution in [0.4, 0.5) is 14.6 Å². The maximum Gasteiger partial charge on any atom is 0.237 e. The monoisotopic (exact) mass is 421 g/mol. The van der Waals surface area contributed by atoms with Crippen LogP contribution < -0.4 is 5.32 Å². The molecule has 10 heteroatoms. The molecule has 0 atom stereocenters. The number of nitrogens with zero attached hydrogens (tertiary/aromatic N) is 6. The molecular weight excluding hydrogens is 404 g/mol. The van der Waals surface area contributed by atoms with E-state index in [1.807, 2.05) is 0 Å². The zero-order chi connectivity index (χ0) is 21.9. The zero-order valence-corrected chi connectivity index (χ0v) is 16.9. The molecule has 1 aliphatic heterocycles. The Balaban J connectivity index is 1.68. The van der Waals surface area contributed by atoms with Gasteiger partial charge in [0.1, 0.15) is 23.0 Å². The van der Waals surface area contributed by atoms with Crippen LogP contribution in [0.3, 0.4) is 0 Å². The fourth-order valence-electron chi connectivity index (χ4n) is 3.53. The lowest BCUT2D eigenvalue weighted by Gasteiger charge is -2.11. The first-order valence-corrected chi connectivity index (χ1v) is 9.60. The highest BCUT2D eigenvalue weighted by molar-refractivity contribution is 6.04. The highest BCUT2D eigenvalue weighted by Gasteiger charge is 2.42. The Hall–Kier alpha value is -3.82. The maximum absolute atomic E-state index is 14.3. The molecule has 0 radical (unpaired) electrons. The van der Waals surface area contributed by atoms with E-state index in [2.05, 4.69) is 30.6 Å². The Kier molecular flexibility index (Phi) is 4.07. The standard InChI is InChI=1S/C21H17F2N7O/c1-10-14(23)8-12-15(17-25-18-16(27-28-17)21(2,3)20(31)26-18)29-30(19(12)24-10)9-11-6-4-5-7-13(11)22/h4-8H,9H2,1-3H3,(H,25,26,28,31). The number of pyridine rings is 1. The van der Waals surface area contributed by atoms with Crippen LogP contribution in [0.2, 0.25) is 0 Å². The first-order chi connectivity index (χ1) is 14.8. The molecule has 31 heavy (non-hydrogen) atoms. The van der Waals surface area contributed by atoms with E-state index in [9.17, 15) is 13.6 Å². The predicted octanol–water partition coefficient (Wildman–Crippen LogP) is 3.15. The smallest absolute Gasteiger partial charge is 0.237 e. The zero-order valence-electron chi connectivity index (χ0n) is 16.9. The number of amides is 1. The van der Waals surface area contributed by atoms with Gasteiger partial charge in [-0.3, -0.25) is 4.79 Å². The molecule has 0 unspecified atom stereocenters. The average molecular weight is 421 g/mol. The fraction of sp³-hybridized carbons (Fsp3) is 0.238. The summed E-state index contributed by atoms with van der Waals surface area (Å²) in [6.07, 6.45) is 0. The molecule has 0 fully saturated rings. The van der Waals surface area contributed by atoms with E-state index < -0.39 is 11.2 Å². The number of carbonyl (C=O) groups excluding carboxylic acids is 1. The van der Waals surface area contributed by atoms with Crippen molar-refractivity contribution in [3.05, 3.63) is 58.9 Å². The van der Waals surface area contributed by atoms with Crippen LogP contribution in [0.25, 0.3) is 22.6 Å². The Bertz CT molecular complexity index is 1380. The number of hydrogen-bond acceptors (Lipinski definition) is 6. The van der Waals surface area contributed by atoms with E-state index in [1.54, 1.807) is 39.0 Å². The van der Waals surface area contributed by atoms with Crippen molar-refractivity contribution >= 4 is 22.8 Å². The molecule has 1 aromatic carbocycles. The summed E-state index contributed by atoms with van der Waals surface area (Å²) >= 11 is 0. The van der Waals surface area contributed by atoms with Gasteiger partial charge in [0.25, 0.3) is 0 Å². The van der Waals surface area contributed by atoms with Crippen molar-refractivity contribution in [2.24, 2.45) is 0 Å². The molecule has 4 heterocycles. The summed E-state index contributed by atoms with van der Waals surface area (Å²) in [5.74, 6) is -0.731. The molecule has 0 saturated heterocycles. The van der Waals surface area contributed by atoms with Gasteiger partial charge in [0, 0.05) is 5.56 Å². The van der Waals surface area contributed by atoms with Crippen LogP contribution in [0, 0.1) is 18.6 Å². The lowest BCUT2D eigenvalue weighted by Crippen LogP contribution is -2.27. The Morgan fingerprint density at radius 3 is 2.65 bits per heavy atom. The molecule has 5 rings (SSSR count). The molecule has 0 bridgehead atoms. The van der Waals surface area contributed by atoms with Crippen molar-refractivity contribution in [2.45, 2.75) is 32.7 Å². The molecule has 1 aliphatic rings. The molecular formula is C21H17F2N7O. The highest BCUT2D eigenvalue weighted by Crippen LogP contribution is 2.35. The number of hydrogen-bond donors (Lipinski definition) is 1. The summed E-state index contributed by atoms with van der Waals surface area (Å²) in [5, 5.41) is 15.9. The normalized spacial score (nSPS) is 14.7. The summed E-state index contributed by atoms with van der Waals surface area (Å²) in [5.41, 5.74) is 0.777. The summed E-state index contributed by atoms with van der Waals surface area (Å²) in [6.45, 7) is 5.08. The van der Waals surface area contributed by atoms with Gasteiger partial charge in [-0.2, -0.15) is 5.10 Å². The van der Waals surface area contributed by atoms with Crippen LogP contribution >= 0.6 is 0 Å². The third-order valence-corrected chi connectivity index (χ3v) is 5.42. The molecule has 1 amide bonds. The largest absolute Gasteiger partial charge is 0.308 e. The van der Waals surface area contributed by atoms with E-state index in [0.717, 1.165) is 0 Å². The molecule has 1 N–H and O–H groups in total. The van der Waals surface area contributed by atoms with Gasteiger partial charge in [0.2, 0.25) is 11.7 Å². The molecule has 3 aromatic heterocycles. The molecule has 8 nitrogen and oxygen atoms in total. The number of halogens is 2. The Labute approximate surface area is 175 Å². The van der Waals surface area contributed by atoms with Crippen LogP contribution in [-0.2, 0) is 16.8 Å². The van der Waals surface area contributed by atoms with Crippen LogP contribution in [0.5, 0.6) is 0 Å². The van der Waals surface area contributed by atoms with Crippen molar-refractivity contribution in [1.82, 2.24) is 29.9 Å². The number of anilines is 1. The number of aromatic nitrogens is 6. The van der Waals surface area contributed by atoms with E-state index in [-0.39, 0.29) is 41.3 Å². The molecule has 156 valence electrons. The van der Waals surface area contributed by atoms with E-state index in [0.29, 0.717) is 22.3 Å². The number of rotatable bonds is 3. The Morgan fingerprint density at radius 2 is 1.87 bits per heavy atom. The highest BCUT2D eigenvalue weighted by atomic mass is 19.1. The number of nitrogens with one attached hydrogen (secondary N) is 1. The van der Waals surface area contributed by atoms with E-state index in [1.165, 1.54) is 16.8 Å². The summed E-state index contributed by atoms with van der Waals surface area (Å²) in [4.78, 5) is 20.9. The van der Waals surface area contributed by atoms with E-state index >= 15 is 0 Å². The lowest BCUT2D eigenvalue weighted by atomic mass is 9.91. The second kappa shape index (κ2) is 6.59. The first-order valence-electron chi connectivity index (χ1n) is 9.60. The number of aryl methyl sites for hydroxylation is 1. The topological polar surface area (TPSA) is 98.5 Å². The van der Waals surface area contributed by atoms with Crippen molar-refractivity contribution < 1.29 is 13.6 Å². The second-order valence-corrected chi connectivity index (χ2v) is 7.94. The minimum atomic E-state index is -0.856. The van der Waals surface area contributed by atoms with Gasteiger partial charge in [-0.15, -0.1) is 10.2 Å². The van der Waals surface area contributed by atoms with Crippen LogP contribution in [0.15, 0.2) is 30.3 Å². The molecule has 0 spiro atoms. The van der Waals surface area contributed by atoms with Crippen molar-refractivity contribution in [1.29, 1.82) is 0 Å². The fourth-order valence-corrected chi connectivity index (χ4v) is 3.53. The number of carbonyl (C=O) groups is 1. The maximum atomic E-state index is 14.3. The van der Waals surface area contributed by atoms with Gasteiger partial charge in [-0.05, 0) is 32.9 Å². The predicted molar refractivity (Wildman–Crippen MR) is 108 cm³/mol. The molecule has 4 aromatic rings. The average Bonchev–Trinajstić information content (AvgIpc) is 3.18. The van der Waals surface area contributed by atoms with Gasteiger partial charge in [-0.1, -0.05) is 18.2 Å². The Morgan fingerprint density at radius 1 is 1.10 bits per heavy atom. The molecule has 0 aliphatic carbocycles. The summed E-state index contributed by atoms with van der Waals surface area (Å²) < 4.78 is 30.0. The second-order valence-electron chi connectivity index (χ2n) is 7.94.